The molecule has 0 N–H and O–H groups in total. The van der Waals surface area contributed by atoms with Gasteiger partial charge in [-0.2, -0.15) is 0 Å². The maximum atomic E-state index is 8.59. The topological polar surface area (TPSA) is 161 Å². The average Bonchev–Trinajstić information content (AvgIpc) is 1.12. The molecule has 0 heterocycles. The number of hydrogen-bond donors (Lipinski definition) is 0. The van der Waals surface area contributed by atoms with Gasteiger partial charge in [-0.15, -0.1) is 0 Å². The van der Waals surface area contributed by atoms with Gasteiger partial charge in [0.15, 0.2) is 0 Å². The van der Waals surface area contributed by atoms with Crippen LogP contribution in [0.4, 0.5) is 0 Å². The van der Waals surface area contributed by atoms with Crippen molar-refractivity contribution in [3.05, 3.63) is 0 Å². The Morgan fingerprint density at radius 1 is 0.636 bits per heavy atom. The average molecular weight is 325 g/mol. The summed E-state index contributed by atoms with van der Waals surface area (Å²) < 4.78 is 68.8. The van der Waals surface area contributed by atoms with E-state index in [0.717, 1.165) is 0 Å². The minimum absolute atomic E-state index is 0. The van der Waals surface area contributed by atoms with Gasteiger partial charge in [0, 0.05) is 22.4 Å². The predicted molar refractivity (Wildman–Crippen MR) is 2.75 cm³/mol. The molecule has 0 amide bonds. The number of hydrogen-bond acceptors (Lipinski definition) is 8. The fourth-order valence-corrected chi connectivity index (χ4v) is 0. The molecule has 0 aromatic heterocycles. The van der Waals surface area contributed by atoms with Crippen LogP contribution in [-0.2, 0) is 64.8 Å². The maximum absolute atomic E-state index is 8.59. The van der Waals surface area contributed by atoms with E-state index in [1.807, 2.05) is 0 Å². The fraction of sp³-hybridized carbons (Fsp3) is 0. The Bertz CT molecular complexity index is 208. The van der Waals surface area contributed by atoms with Crippen molar-refractivity contribution in [2.24, 2.45) is 0 Å². The van der Waals surface area contributed by atoms with Gasteiger partial charge >= 0.3 is 59.1 Å². The van der Waals surface area contributed by atoms with E-state index >= 15 is 0 Å². The molecule has 0 rings (SSSR count). The zero-order valence-electron chi connectivity index (χ0n) is 4.53. The Kier molecular flexibility index (Phi) is 10.3. The van der Waals surface area contributed by atoms with E-state index in [9.17, 15) is 0 Å². The molecule has 0 aliphatic rings. The molecule has 0 unspecified atom stereocenters. The summed E-state index contributed by atoms with van der Waals surface area (Å²) >= 11 is -11.5. The van der Waals surface area contributed by atoms with E-state index in [1.54, 1.807) is 0 Å². The minimum atomic E-state index is -5.75. The van der Waals surface area contributed by atoms with Crippen LogP contribution < -0.4 is 16.6 Å². The Morgan fingerprint density at radius 2 is 0.636 bits per heavy atom. The molecule has 0 saturated carbocycles. The zero-order valence-corrected chi connectivity index (χ0v) is 9.28. The molecule has 0 aliphatic carbocycles. The molecular formula is Cr2NbO8-4. The van der Waals surface area contributed by atoms with Crippen LogP contribution in [0.5, 0.6) is 0 Å². The summed E-state index contributed by atoms with van der Waals surface area (Å²) in [5.74, 6) is 0. The molecule has 0 bridgehead atoms. The van der Waals surface area contributed by atoms with Crippen LogP contribution in [0.1, 0.15) is 0 Å². The van der Waals surface area contributed by atoms with Crippen LogP contribution in [-0.4, -0.2) is 0 Å². The third kappa shape index (κ3) is 1190. The van der Waals surface area contributed by atoms with Crippen LogP contribution in [0, 0.1) is 0 Å². The van der Waals surface area contributed by atoms with Crippen LogP contribution >= 0.6 is 0 Å². The molecule has 69 valence electrons. The van der Waals surface area contributed by atoms with Crippen LogP contribution in [0.25, 0.3) is 0 Å². The molecule has 8 nitrogen and oxygen atoms in total. The van der Waals surface area contributed by atoms with Gasteiger partial charge in [0.2, 0.25) is 0 Å². The van der Waals surface area contributed by atoms with Crippen molar-refractivity contribution in [2.45, 2.75) is 0 Å². The first kappa shape index (κ1) is 17.8. The van der Waals surface area contributed by atoms with Gasteiger partial charge in [-0.1, -0.05) is 0 Å². The summed E-state index contributed by atoms with van der Waals surface area (Å²) in [6, 6.07) is 0. The van der Waals surface area contributed by atoms with E-state index in [1.165, 1.54) is 0 Å². The molecular weight excluding hydrogens is 325 g/mol. The Morgan fingerprint density at radius 3 is 0.636 bits per heavy atom. The van der Waals surface area contributed by atoms with Crippen molar-refractivity contribution < 1.29 is 81.5 Å². The molecule has 11 heavy (non-hydrogen) atoms. The third-order valence-corrected chi connectivity index (χ3v) is 0. The van der Waals surface area contributed by atoms with E-state index in [-0.39, 0.29) is 22.4 Å². The molecule has 0 aliphatic heterocycles. The third-order valence-electron chi connectivity index (χ3n) is 0. The summed E-state index contributed by atoms with van der Waals surface area (Å²) in [5.41, 5.74) is 0. The second-order valence-corrected chi connectivity index (χ2v) is 3.37. The van der Waals surface area contributed by atoms with E-state index in [2.05, 4.69) is 0 Å². The van der Waals surface area contributed by atoms with Gasteiger partial charge in [0.25, 0.3) is 0 Å². The second kappa shape index (κ2) is 6.37. The normalized spacial score (nSPS) is 10.5. The van der Waals surface area contributed by atoms with E-state index < -0.39 is 27.2 Å². The Hall–Kier alpha value is 0.845. The zero-order chi connectivity index (χ0) is 9.00. The molecule has 0 fully saturated rings. The van der Waals surface area contributed by atoms with Crippen molar-refractivity contribution in [3.8, 4) is 0 Å². The van der Waals surface area contributed by atoms with Gasteiger partial charge in [-0.05, 0) is 0 Å². The van der Waals surface area contributed by atoms with Crippen LogP contribution in [0.3, 0.4) is 0 Å². The second-order valence-electron chi connectivity index (χ2n) is 0.816. The van der Waals surface area contributed by atoms with Crippen molar-refractivity contribution in [1.82, 2.24) is 0 Å². The summed E-state index contributed by atoms with van der Waals surface area (Å²) in [6.45, 7) is 0. The van der Waals surface area contributed by atoms with Crippen molar-refractivity contribution in [1.29, 1.82) is 0 Å². The first-order chi connectivity index (χ1) is 4.00. The van der Waals surface area contributed by atoms with Gasteiger partial charge < -0.3 is 0 Å². The van der Waals surface area contributed by atoms with Crippen molar-refractivity contribution >= 4 is 0 Å². The predicted octanol–water partition coefficient (Wildman–Crippen LogP) is -5.24. The van der Waals surface area contributed by atoms with Crippen molar-refractivity contribution in [3.63, 3.8) is 0 Å². The molecule has 11 heteroatoms. The molecule has 0 aromatic rings. The molecule has 0 atom stereocenters. The Balaban J connectivity index is -0.000000107. The quantitative estimate of drug-likeness (QED) is 0.399. The fourth-order valence-electron chi connectivity index (χ4n) is 0. The molecule has 0 aromatic carbocycles. The van der Waals surface area contributed by atoms with Gasteiger partial charge in [-0.25, -0.2) is 0 Å². The van der Waals surface area contributed by atoms with Gasteiger partial charge in [0.1, 0.15) is 0 Å². The monoisotopic (exact) mass is 325 g/mol. The summed E-state index contributed by atoms with van der Waals surface area (Å²) in [6.07, 6.45) is 0. The first-order valence-electron chi connectivity index (χ1n) is 1.33. The first-order valence-corrected chi connectivity index (χ1v) is 5.50. The van der Waals surface area contributed by atoms with Gasteiger partial charge in [-0.3, -0.25) is 0 Å². The van der Waals surface area contributed by atoms with Crippen molar-refractivity contribution in [2.75, 3.05) is 0 Å². The summed E-state index contributed by atoms with van der Waals surface area (Å²) in [5, 5.41) is 0. The van der Waals surface area contributed by atoms with E-state index in [0.29, 0.717) is 0 Å². The molecule has 0 saturated heterocycles. The SMILES string of the molecule is [Nb].[O]=[Cr](=[O])([O-])[O-].[O]=[Cr](=[O])([O-])[O-]. The molecule has 1 radical (unpaired) electrons. The van der Waals surface area contributed by atoms with Gasteiger partial charge in [0.05, 0.1) is 0 Å². The van der Waals surface area contributed by atoms with Crippen LogP contribution in [0.15, 0.2) is 0 Å². The molecule has 0 spiro atoms. The number of rotatable bonds is 0. The standard InChI is InChI=1S/2Cr.Nb.8O/q;;;;;;;4*-1. The Labute approximate surface area is 81.1 Å². The summed E-state index contributed by atoms with van der Waals surface area (Å²) in [4.78, 5) is 0. The van der Waals surface area contributed by atoms with Crippen LogP contribution in [0.2, 0.25) is 0 Å². The van der Waals surface area contributed by atoms with E-state index in [4.69, 9.17) is 31.8 Å². The summed E-state index contributed by atoms with van der Waals surface area (Å²) in [7, 11) is 0.